The SMILES string of the molecule is COc1cc2nc(C3CCC(C=O)CC3)oc2cc1N1CC=C2N=CC=CN21. The van der Waals surface area contributed by atoms with Gasteiger partial charge >= 0.3 is 0 Å². The van der Waals surface area contributed by atoms with Crippen molar-refractivity contribution < 1.29 is 13.9 Å². The zero-order valence-electron chi connectivity index (χ0n) is 15.7. The molecule has 28 heavy (non-hydrogen) atoms. The summed E-state index contributed by atoms with van der Waals surface area (Å²) in [7, 11) is 1.67. The standard InChI is InChI=1S/C21H22N4O3/c1-27-19-11-16-18(28-21(23-16)15-5-3-14(13-26)4-6-15)12-17(19)24-10-7-20-22-8-2-9-25(20)24/h2,7-9,11-15H,3-6,10H2,1H3. The number of hydrogen-bond donors (Lipinski definition) is 0. The minimum Gasteiger partial charge on any atom is -0.494 e. The minimum absolute atomic E-state index is 0.185. The molecule has 3 heterocycles. The molecule has 0 amide bonds. The molecule has 1 aromatic carbocycles. The Labute approximate surface area is 162 Å². The number of aliphatic imine (C=N–C) groups is 1. The van der Waals surface area contributed by atoms with Crippen molar-refractivity contribution in [3.05, 3.63) is 42.2 Å². The first-order valence-electron chi connectivity index (χ1n) is 9.68. The molecule has 0 atom stereocenters. The average molecular weight is 378 g/mol. The van der Waals surface area contributed by atoms with Gasteiger partial charge in [0.25, 0.3) is 0 Å². The molecule has 144 valence electrons. The van der Waals surface area contributed by atoms with Crippen LogP contribution in [0.5, 0.6) is 5.75 Å². The first-order valence-corrected chi connectivity index (χ1v) is 9.68. The molecule has 0 bridgehead atoms. The van der Waals surface area contributed by atoms with Crippen LogP contribution in [0.2, 0.25) is 0 Å². The maximum atomic E-state index is 11.0. The monoisotopic (exact) mass is 378 g/mol. The van der Waals surface area contributed by atoms with E-state index in [4.69, 9.17) is 14.1 Å². The molecule has 1 saturated carbocycles. The molecule has 1 aliphatic carbocycles. The Balaban J connectivity index is 1.47. The maximum absolute atomic E-state index is 11.0. The number of aromatic nitrogens is 1. The summed E-state index contributed by atoms with van der Waals surface area (Å²) in [6.45, 7) is 0.704. The molecule has 1 fully saturated rings. The van der Waals surface area contributed by atoms with Gasteiger partial charge in [-0.2, -0.15) is 0 Å². The number of carbonyl (C=O) groups is 1. The molecule has 0 radical (unpaired) electrons. The molecule has 3 aliphatic rings. The number of carbonyl (C=O) groups excluding carboxylic acids is 1. The Hall–Kier alpha value is -3.09. The number of nitrogens with zero attached hydrogens (tertiary/aromatic N) is 4. The van der Waals surface area contributed by atoms with Crippen LogP contribution in [-0.2, 0) is 4.79 Å². The van der Waals surface area contributed by atoms with Crippen LogP contribution in [0.4, 0.5) is 5.69 Å². The third-order valence-electron chi connectivity index (χ3n) is 5.76. The summed E-state index contributed by atoms with van der Waals surface area (Å²) < 4.78 is 11.8. The maximum Gasteiger partial charge on any atom is 0.198 e. The smallest absolute Gasteiger partial charge is 0.198 e. The third-order valence-corrected chi connectivity index (χ3v) is 5.76. The molecule has 0 unspecified atom stereocenters. The Bertz CT molecular complexity index is 998. The molecule has 2 aromatic rings. The summed E-state index contributed by atoms with van der Waals surface area (Å²) in [5.41, 5.74) is 2.46. The fourth-order valence-corrected chi connectivity index (χ4v) is 4.20. The predicted octanol–water partition coefficient (Wildman–Crippen LogP) is 3.79. The highest BCUT2D eigenvalue weighted by Gasteiger charge is 2.29. The molecular weight excluding hydrogens is 356 g/mol. The molecule has 0 saturated heterocycles. The lowest BCUT2D eigenvalue weighted by molar-refractivity contribution is -0.112. The number of aldehydes is 1. The van der Waals surface area contributed by atoms with Gasteiger partial charge in [-0.1, -0.05) is 0 Å². The van der Waals surface area contributed by atoms with Crippen LogP contribution in [0, 0.1) is 5.92 Å². The first-order chi connectivity index (χ1) is 13.8. The van der Waals surface area contributed by atoms with Gasteiger partial charge in [-0.3, -0.25) is 5.01 Å². The van der Waals surface area contributed by atoms with Crippen molar-refractivity contribution in [3.8, 4) is 5.75 Å². The molecule has 5 rings (SSSR count). The van der Waals surface area contributed by atoms with E-state index in [2.05, 4.69) is 16.1 Å². The van der Waals surface area contributed by atoms with Crippen molar-refractivity contribution in [2.45, 2.75) is 31.6 Å². The van der Waals surface area contributed by atoms with Crippen molar-refractivity contribution >= 4 is 29.3 Å². The summed E-state index contributed by atoms with van der Waals surface area (Å²) >= 11 is 0. The summed E-state index contributed by atoms with van der Waals surface area (Å²) in [5, 5.41) is 4.10. The van der Waals surface area contributed by atoms with Crippen molar-refractivity contribution in [3.63, 3.8) is 0 Å². The number of benzene rings is 1. The summed E-state index contributed by atoms with van der Waals surface area (Å²) in [4.78, 5) is 20.1. The van der Waals surface area contributed by atoms with Crippen LogP contribution in [0.1, 0.15) is 37.5 Å². The second-order valence-electron chi connectivity index (χ2n) is 7.40. The van der Waals surface area contributed by atoms with E-state index in [0.29, 0.717) is 6.54 Å². The van der Waals surface area contributed by atoms with Crippen LogP contribution >= 0.6 is 0 Å². The third kappa shape index (κ3) is 2.78. The summed E-state index contributed by atoms with van der Waals surface area (Å²) in [6, 6.07) is 3.92. The lowest BCUT2D eigenvalue weighted by Crippen LogP contribution is -2.34. The lowest BCUT2D eigenvalue weighted by atomic mass is 9.83. The predicted molar refractivity (Wildman–Crippen MR) is 106 cm³/mol. The fraction of sp³-hybridized carbons (Fsp3) is 0.381. The van der Waals surface area contributed by atoms with Gasteiger partial charge in [0.2, 0.25) is 0 Å². The van der Waals surface area contributed by atoms with Crippen molar-refractivity contribution in [1.29, 1.82) is 0 Å². The molecule has 7 nitrogen and oxygen atoms in total. The number of anilines is 1. The van der Waals surface area contributed by atoms with Gasteiger partial charge < -0.3 is 13.9 Å². The van der Waals surface area contributed by atoms with Crippen LogP contribution in [0.15, 0.2) is 45.7 Å². The number of allylic oxidation sites excluding steroid dienone is 1. The van der Waals surface area contributed by atoms with E-state index in [1.165, 1.54) is 0 Å². The van der Waals surface area contributed by atoms with Crippen molar-refractivity contribution in [2.75, 3.05) is 18.7 Å². The molecule has 0 N–H and O–H groups in total. The topological polar surface area (TPSA) is 71.2 Å². The van der Waals surface area contributed by atoms with Crippen molar-refractivity contribution in [1.82, 2.24) is 9.99 Å². The number of methoxy groups -OCH3 is 1. The molecular formula is C21H22N4O3. The quantitative estimate of drug-likeness (QED) is 0.754. The highest BCUT2D eigenvalue weighted by Crippen LogP contribution is 2.40. The molecule has 2 aliphatic heterocycles. The number of oxazole rings is 1. The van der Waals surface area contributed by atoms with E-state index in [9.17, 15) is 4.79 Å². The highest BCUT2D eigenvalue weighted by atomic mass is 16.5. The fourth-order valence-electron chi connectivity index (χ4n) is 4.20. The van der Waals surface area contributed by atoms with Gasteiger partial charge in [0.15, 0.2) is 11.5 Å². The number of fused-ring (bicyclic) bond motifs is 2. The normalized spacial score (nSPS) is 23.8. The number of hydrogen-bond acceptors (Lipinski definition) is 7. The Morgan fingerprint density at radius 2 is 2.11 bits per heavy atom. The number of ether oxygens (including phenoxy) is 1. The summed E-state index contributed by atoms with van der Waals surface area (Å²) in [6.07, 6.45) is 12.5. The zero-order valence-corrected chi connectivity index (χ0v) is 15.7. The zero-order chi connectivity index (χ0) is 19.1. The Morgan fingerprint density at radius 1 is 1.25 bits per heavy atom. The average Bonchev–Trinajstić information content (AvgIpc) is 3.36. The largest absolute Gasteiger partial charge is 0.494 e. The highest BCUT2D eigenvalue weighted by molar-refractivity contribution is 5.83. The minimum atomic E-state index is 0.185. The van der Waals surface area contributed by atoms with E-state index in [0.717, 1.165) is 66.2 Å². The van der Waals surface area contributed by atoms with E-state index in [-0.39, 0.29) is 11.8 Å². The van der Waals surface area contributed by atoms with Crippen LogP contribution in [-0.4, -0.2) is 36.1 Å². The number of hydrazine groups is 1. The van der Waals surface area contributed by atoms with Gasteiger partial charge in [-0.15, -0.1) is 0 Å². The van der Waals surface area contributed by atoms with E-state index >= 15 is 0 Å². The van der Waals surface area contributed by atoms with Gasteiger partial charge in [0, 0.05) is 36.4 Å². The van der Waals surface area contributed by atoms with Gasteiger partial charge in [0.1, 0.15) is 29.1 Å². The second kappa shape index (κ2) is 6.82. The molecule has 0 spiro atoms. The van der Waals surface area contributed by atoms with Crippen LogP contribution < -0.4 is 9.75 Å². The first kappa shape index (κ1) is 17.0. The molecule has 1 aromatic heterocycles. The van der Waals surface area contributed by atoms with Gasteiger partial charge in [-0.25, -0.2) is 15.0 Å². The van der Waals surface area contributed by atoms with Gasteiger partial charge in [0.05, 0.1) is 13.7 Å². The van der Waals surface area contributed by atoms with E-state index in [1.807, 2.05) is 29.4 Å². The van der Waals surface area contributed by atoms with Crippen molar-refractivity contribution in [2.24, 2.45) is 10.9 Å². The van der Waals surface area contributed by atoms with E-state index < -0.39 is 0 Å². The Morgan fingerprint density at radius 3 is 2.89 bits per heavy atom. The van der Waals surface area contributed by atoms with E-state index in [1.54, 1.807) is 13.3 Å². The van der Waals surface area contributed by atoms with Crippen LogP contribution in [0.3, 0.4) is 0 Å². The van der Waals surface area contributed by atoms with Gasteiger partial charge in [-0.05, 0) is 37.8 Å². The Kier molecular flexibility index (Phi) is 4.15. The van der Waals surface area contributed by atoms with Crippen LogP contribution in [0.25, 0.3) is 11.1 Å². The second-order valence-corrected chi connectivity index (χ2v) is 7.40. The molecule has 7 heteroatoms. The summed E-state index contributed by atoms with van der Waals surface area (Å²) in [5.74, 6) is 2.87. The number of rotatable bonds is 4. The lowest BCUT2D eigenvalue weighted by Gasteiger charge is -2.31.